The molecule has 0 N–H and O–H groups in total. The monoisotopic (exact) mass is 854 g/mol. The first-order valence-corrected chi connectivity index (χ1v) is 22.9. The van der Waals surface area contributed by atoms with E-state index in [2.05, 4.69) is 252 Å². The van der Waals surface area contributed by atoms with E-state index < -0.39 is 0 Å². The molecule has 0 amide bonds. The molecular formula is C64H42N2O. The van der Waals surface area contributed by atoms with E-state index in [1.165, 1.54) is 54.8 Å². The highest BCUT2D eigenvalue weighted by atomic mass is 16.3. The minimum atomic E-state index is 0.898. The fraction of sp³-hybridized carbons (Fsp3) is 0. The lowest BCUT2D eigenvalue weighted by Crippen LogP contribution is -2.11. The maximum absolute atomic E-state index is 6.19. The highest BCUT2D eigenvalue weighted by Gasteiger charge is 2.21. The van der Waals surface area contributed by atoms with E-state index in [0.29, 0.717) is 0 Å². The molecule has 314 valence electrons. The van der Waals surface area contributed by atoms with Gasteiger partial charge in [0.1, 0.15) is 11.2 Å². The Hall–Kier alpha value is -8.92. The molecule has 0 radical (unpaired) electrons. The summed E-state index contributed by atoms with van der Waals surface area (Å²) in [6.45, 7) is 0. The number of fused-ring (bicyclic) bond motifs is 7. The Bertz CT molecular complexity index is 3950. The number of hydrogen-bond acceptors (Lipinski definition) is 2. The van der Waals surface area contributed by atoms with E-state index in [9.17, 15) is 0 Å². The summed E-state index contributed by atoms with van der Waals surface area (Å²) in [5.74, 6) is 0. The summed E-state index contributed by atoms with van der Waals surface area (Å²) in [7, 11) is 0. The van der Waals surface area contributed by atoms with Gasteiger partial charge in [-0.15, -0.1) is 0 Å². The second-order valence-corrected chi connectivity index (χ2v) is 17.2. The maximum Gasteiger partial charge on any atom is 0.135 e. The third-order valence-corrected chi connectivity index (χ3v) is 13.4. The molecule has 0 fully saturated rings. The molecule has 0 saturated carbocycles. The van der Waals surface area contributed by atoms with E-state index in [-0.39, 0.29) is 0 Å². The van der Waals surface area contributed by atoms with Crippen molar-refractivity contribution in [2.75, 3.05) is 4.90 Å². The van der Waals surface area contributed by atoms with Gasteiger partial charge < -0.3 is 13.9 Å². The lowest BCUT2D eigenvalue weighted by atomic mass is 9.90. The fourth-order valence-electron chi connectivity index (χ4n) is 10.4. The molecule has 0 bridgehead atoms. The average Bonchev–Trinajstić information content (AvgIpc) is 3.95. The number of hydrogen-bond donors (Lipinski definition) is 0. The van der Waals surface area contributed by atoms with Crippen LogP contribution < -0.4 is 4.90 Å². The molecule has 0 spiro atoms. The molecule has 3 heteroatoms. The van der Waals surface area contributed by atoms with E-state index in [0.717, 1.165) is 66.9 Å². The average molecular weight is 855 g/mol. The summed E-state index contributed by atoms with van der Waals surface area (Å²) in [4.78, 5) is 2.42. The van der Waals surface area contributed by atoms with Crippen molar-refractivity contribution in [1.29, 1.82) is 0 Å². The third-order valence-electron chi connectivity index (χ3n) is 13.4. The van der Waals surface area contributed by atoms with E-state index >= 15 is 0 Å². The zero-order valence-corrected chi connectivity index (χ0v) is 36.6. The minimum absolute atomic E-state index is 0.898. The summed E-state index contributed by atoms with van der Waals surface area (Å²) >= 11 is 0. The molecule has 2 aromatic heterocycles. The predicted octanol–water partition coefficient (Wildman–Crippen LogP) is 18.0. The molecule has 0 aliphatic carbocycles. The summed E-state index contributed by atoms with van der Waals surface area (Å²) in [5.41, 5.74) is 18.0. The van der Waals surface area contributed by atoms with E-state index in [1.807, 2.05) is 12.1 Å². The van der Waals surface area contributed by atoms with Crippen LogP contribution in [0.3, 0.4) is 0 Å². The van der Waals surface area contributed by atoms with Crippen LogP contribution in [0, 0.1) is 0 Å². The molecule has 2 heterocycles. The summed E-state index contributed by atoms with van der Waals surface area (Å²) in [6, 6.07) is 92.0. The molecule has 0 unspecified atom stereocenters. The zero-order valence-electron chi connectivity index (χ0n) is 36.6. The van der Waals surface area contributed by atoms with Gasteiger partial charge in [-0.05, 0) is 123 Å². The molecule has 3 nitrogen and oxygen atoms in total. The Labute approximate surface area is 388 Å². The quantitative estimate of drug-likeness (QED) is 0.152. The van der Waals surface area contributed by atoms with E-state index in [1.54, 1.807) is 0 Å². The van der Waals surface area contributed by atoms with Gasteiger partial charge in [0.25, 0.3) is 0 Å². The number of benzene rings is 11. The van der Waals surface area contributed by atoms with Crippen LogP contribution in [0.5, 0.6) is 0 Å². The zero-order chi connectivity index (χ0) is 44.3. The standard InChI is InChI=1S/C64H42N2O/c1-3-16-44(17-4-1)51-25-13-18-46-19-14-27-55(63(46)51)53-22-7-10-28-58(53)65(49-37-32-43(33-38-49)47-36-41-62-57(42-47)54-23-9-12-31-61(54)67-62)50-39-34-45(35-40-50)52-26-15-30-60-64(52)56-24-8-11-29-59(56)66(60)48-20-5-2-6-21-48/h1-42H. The Morgan fingerprint density at radius 2 is 0.851 bits per heavy atom. The van der Waals surface area contributed by atoms with Crippen LogP contribution in [0.2, 0.25) is 0 Å². The van der Waals surface area contributed by atoms with Gasteiger partial charge in [-0.25, -0.2) is 0 Å². The van der Waals surface area contributed by atoms with Crippen molar-refractivity contribution in [1.82, 2.24) is 4.57 Å². The van der Waals surface area contributed by atoms with Crippen LogP contribution in [0.15, 0.2) is 259 Å². The first kappa shape index (κ1) is 38.5. The van der Waals surface area contributed by atoms with Crippen LogP contribution in [0.4, 0.5) is 17.1 Å². The fourth-order valence-corrected chi connectivity index (χ4v) is 10.4. The highest BCUT2D eigenvalue weighted by Crippen LogP contribution is 2.46. The number of aromatic nitrogens is 1. The lowest BCUT2D eigenvalue weighted by molar-refractivity contribution is 0.669. The smallest absolute Gasteiger partial charge is 0.135 e. The summed E-state index contributed by atoms with van der Waals surface area (Å²) in [6.07, 6.45) is 0. The van der Waals surface area contributed by atoms with Gasteiger partial charge in [0.05, 0.1) is 16.7 Å². The Morgan fingerprint density at radius 3 is 1.63 bits per heavy atom. The minimum Gasteiger partial charge on any atom is -0.456 e. The predicted molar refractivity (Wildman–Crippen MR) is 282 cm³/mol. The van der Waals surface area contributed by atoms with Gasteiger partial charge in [-0.3, -0.25) is 0 Å². The van der Waals surface area contributed by atoms with Gasteiger partial charge >= 0.3 is 0 Å². The number of anilines is 3. The van der Waals surface area contributed by atoms with Crippen molar-refractivity contribution in [2.24, 2.45) is 0 Å². The van der Waals surface area contributed by atoms with Crippen LogP contribution >= 0.6 is 0 Å². The molecule has 0 aliphatic heterocycles. The second-order valence-electron chi connectivity index (χ2n) is 17.2. The van der Waals surface area contributed by atoms with Crippen LogP contribution in [0.25, 0.3) is 105 Å². The highest BCUT2D eigenvalue weighted by molar-refractivity contribution is 6.16. The largest absolute Gasteiger partial charge is 0.456 e. The van der Waals surface area contributed by atoms with Gasteiger partial charge in [0.15, 0.2) is 0 Å². The van der Waals surface area contributed by atoms with Crippen molar-refractivity contribution in [3.05, 3.63) is 255 Å². The molecule has 0 aliphatic rings. The summed E-state index contributed by atoms with van der Waals surface area (Å²) < 4.78 is 8.57. The Morgan fingerprint density at radius 1 is 0.313 bits per heavy atom. The van der Waals surface area contributed by atoms with Crippen LogP contribution in [-0.2, 0) is 0 Å². The molecule has 11 aromatic carbocycles. The van der Waals surface area contributed by atoms with Crippen molar-refractivity contribution < 1.29 is 4.42 Å². The van der Waals surface area contributed by atoms with Gasteiger partial charge in [-0.2, -0.15) is 0 Å². The van der Waals surface area contributed by atoms with Gasteiger partial charge in [0.2, 0.25) is 0 Å². The lowest BCUT2D eigenvalue weighted by Gasteiger charge is -2.29. The number of furan rings is 1. The van der Waals surface area contributed by atoms with Gasteiger partial charge in [0, 0.05) is 44.2 Å². The Balaban J connectivity index is 0.974. The van der Waals surface area contributed by atoms with E-state index in [4.69, 9.17) is 4.42 Å². The van der Waals surface area contributed by atoms with Crippen molar-refractivity contribution >= 4 is 71.6 Å². The van der Waals surface area contributed by atoms with Crippen molar-refractivity contribution in [3.63, 3.8) is 0 Å². The molecule has 0 saturated heterocycles. The number of para-hydroxylation sites is 4. The first-order chi connectivity index (χ1) is 33.2. The van der Waals surface area contributed by atoms with Crippen LogP contribution in [-0.4, -0.2) is 4.57 Å². The van der Waals surface area contributed by atoms with Crippen LogP contribution in [0.1, 0.15) is 0 Å². The summed E-state index contributed by atoms with van der Waals surface area (Å²) in [5, 5.41) is 7.18. The van der Waals surface area contributed by atoms with Crippen molar-refractivity contribution in [3.8, 4) is 50.2 Å². The molecular weight excluding hydrogens is 813 g/mol. The van der Waals surface area contributed by atoms with Gasteiger partial charge in [-0.1, -0.05) is 182 Å². The van der Waals surface area contributed by atoms with Crippen molar-refractivity contribution in [2.45, 2.75) is 0 Å². The molecule has 67 heavy (non-hydrogen) atoms. The number of rotatable bonds is 8. The normalized spacial score (nSPS) is 11.6. The first-order valence-electron chi connectivity index (χ1n) is 22.9. The maximum atomic E-state index is 6.19. The Kier molecular flexibility index (Phi) is 9.17. The topological polar surface area (TPSA) is 21.3 Å². The number of nitrogens with zero attached hydrogens (tertiary/aromatic N) is 2. The third kappa shape index (κ3) is 6.51. The molecule has 13 rings (SSSR count). The molecule has 0 atom stereocenters. The second kappa shape index (κ2) is 16.0. The SMILES string of the molecule is c1ccc(-c2cccc3cccc(-c4ccccc4N(c4ccc(-c5ccc6oc7ccccc7c6c5)cc4)c4ccc(-c5cccc6c5c5ccccc5n6-c5ccccc5)cc4)c23)cc1. The molecule has 13 aromatic rings.